The van der Waals surface area contributed by atoms with Gasteiger partial charge in [-0.1, -0.05) is 25.4 Å². The number of aromatic nitrogens is 1. The van der Waals surface area contributed by atoms with Crippen LogP contribution in [0.5, 0.6) is 0 Å². The number of anilines is 1. The first-order valence-electron chi connectivity index (χ1n) is 8.17. The Bertz CT molecular complexity index is 775. The van der Waals surface area contributed by atoms with E-state index in [9.17, 15) is 9.59 Å². The van der Waals surface area contributed by atoms with Crippen LogP contribution in [-0.2, 0) is 0 Å². The van der Waals surface area contributed by atoms with Gasteiger partial charge in [0.05, 0.1) is 11.1 Å². The van der Waals surface area contributed by atoms with Gasteiger partial charge in [-0.05, 0) is 49.1 Å². The molecule has 25 heavy (non-hydrogen) atoms. The van der Waals surface area contributed by atoms with Gasteiger partial charge in [-0.15, -0.1) is 0 Å². The molecule has 0 atom stereocenters. The number of benzene rings is 1. The van der Waals surface area contributed by atoms with E-state index < -0.39 is 0 Å². The van der Waals surface area contributed by atoms with E-state index >= 15 is 0 Å². The summed E-state index contributed by atoms with van der Waals surface area (Å²) in [5, 5.41) is 6.25. The van der Waals surface area contributed by atoms with Gasteiger partial charge in [-0.2, -0.15) is 0 Å². The van der Waals surface area contributed by atoms with E-state index in [1.54, 1.807) is 18.2 Å². The lowest BCUT2D eigenvalue weighted by Gasteiger charge is -2.10. The number of carbonyl (C=O) groups excluding carboxylic acids is 2. The summed E-state index contributed by atoms with van der Waals surface area (Å²) in [5.41, 5.74) is 2.22. The third-order valence-electron chi connectivity index (χ3n) is 3.71. The molecule has 2 aromatic rings. The minimum Gasteiger partial charge on any atom is -0.352 e. The molecule has 0 spiro atoms. The Morgan fingerprint density at radius 1 is 1.12 bits per heavy atom. The standard InChI is InChI=1S/C19H22ClN3O2/c1-12(2)6-7-22-18(24)14-9-15(11-21-10-14)19(25)23-17-5-4-16(20)8-13(17)3/h4-5,8-12H,6-7H2,1-3H3,(H,22,24)(H,23,25). The summed E-state index contributed by atoms with van der Waals surface area (Å²) in [5.74, 6) is -0.0432. The van der Waals surface area contributed by atoms with Crippen LogP contribution in [0.2, 0.25) is 5.02 Å². The fourth-order valence-corrected chi connectivity index (χ4v) is 2.45. The molecule has 1 aromatic carbocycles. The Morgan fingerprint density at radius 2 is 1.80 bits per heavy atom. The number of hydrogen-bond acceptors (Lipinski definition) is 3. The number of nitrogens with one attached hydrogen (secondary N) is 2. The molecule has 1 aromatic heterocycles. The number of aryl methyl sites for hydroxylation is 1. The fourth-order valence-electron chi connectivity index (χ4n) is 2.23. The van der Waals surface area contributed by atoms with Crippen LogP contribution in [0.15, 0.2) is 36.7 Å². The highest BCUT2D eigenvalue weighted by atomic mass is 35.5. The van der Waals surface area contributed by atoms with Gasteiger partial charge in [-0.25, -0.2) is 0 Å². The lowest BCUT2D eigenvalue weighted by atomic mass is 10.1. The molecule has 0 radical (unpaired) electrons. The third kappa shape index (κ3) is 5.57. The molecular formula is C19H22ClN3O2. The Hall–Kier alpha value is -2.40. The Kier molecular flexibility index (Phi) is 6.53. The van der Waals surface area contributed by atoms with Crippen molar-refractivity contribution in [1.82, 2.24) is 10.3 Å². The van der Waals surface area contributed by atoms with E-state index in [-0.39, 0.29) is 11.8 Å². The quantitative estimate of drug-likeness (QED) is 0.816. The van der Waals surface area contributed by atoms with Crippen LogP contribution in [-0.4, -0.2) is 23.3 Å². The molecule has 2 N–H and O–H groups in total. The average Bonchev–Trinajstić information content (AvgIpc) is 2.57. The van der Waals surface area contributed by atoms with Gasteiger partial charge in [-0.3, -0.25) is 14.6 Å². The molecule has 0 unspecified atom stereocenters. The van der Waals surface area contributed by atoms with Crippen molar-refractivity contribution in [3.8, 4) is 0 Å². The molecule has 0 saturated heterocycles. The van der Waals surface area contributed by atoms with Crippen LogP contribution < -0.4 is 10.6 Å². The van der Waals surface area contributed by atoms with E-state index in [0.29, 0.717) is 34.3 Å². The van der Waals surface area contributed by atoms with Gasteiger partial charge in [0.15, 0.2) is 0 Å². The van der Waals surface area contributed by atoms with Crippen LogP contribution in [0.4, 0.5) is 5.69 Å². The van der Waals surface area contributed by atoms with Crippen molar-refractivity contribution in [3.63, 3.8) is 0 Å². The number of halogens is 1. The van der Waals surface area contributed by atoms with E-state index in [2.05, 4.69) is 29.5 Å². The summed E-state index contributed by atoms with van der Waals surface area (Å²) in [6.07, 6.45) is 3.79. The van der Waals surface area contributed by atoms with Gasteiger partial charge in [0.25, 0.3) is 11.8 Å². The predicted octanol–water partition coefficient (Wildman–Crippen LogP) is 4.07. The molecule has 2 rings (SSSR count). The monoisotopic (exact) mass is 359 g/mol. The van der Waals surface area contributed by atoms with Crippen molar-refractivity contribution in [2.45, 2.75) is 27.2 Å². The van der Waals surface area contributed by atoms with Crippen molar-refractivity contribution in [2.75, 3.05) is 11.9 Å². The maximum atomic E-state index is 12.4. The maximum absolute atomic E-state index is 12.4. The average molecular weight is 360 g/mol. The van der Waals surface area contributed by atoms with Crippen LogP contribution in [0.25, 0.3) is 0 Å². The molecule has 0 aliphatic carbocycles. The van der Waals surface area contributed by atoms with E-state index in [1.165, 1.54) is 18.5 Å². The predicted molar refractivity (Wildman–Crippen MR) is 100 cm³/mol. The van der Waals surface area contributed by atoms with Crippen LogP contribution >= 0.6 is 11.6 Å². The number of hydrogen-bond donors (Lipinski definition) is 2. The van der Waals surface area contributed by atoms with Crippen molar-refractivity contribution >= 4 is 29.1 Å². The van der Waals surface area contributed by atoms with E-state index in [4.69, 9.17) is 11.6 Å². The van der Waals surface area contributed by atoms with Gasteiger partial charge in [0, 0.05) is 29.6 Å². The van der Waals surface area contributed by atoms with Crippen molar-refractivity contribution < 1.29 is 9.59 Å². The Balaban J connectivity index is 2.06. The summed E-state index contributed by atoms with van der Waals surface area (Å²) in [7, 11) is 0. The molecular weight excluding hydrogens is 338 g/mol. The molecule has 132 valence electrons. The second-order valence-electron chi connectivity index (χ2n) is 6.31. The van der Waals surface area contributed by atoms with Gasteiger partial charge in [0.1, 0.15) is 0 Å². The minimum absolute atomic E-state index is 0.231. The van der Waals surface area contributed by atoms with E-state index in [1.807, 2.05) is 6.92 Å². The first-order chi connectivity index (χ1) is 11.9. The second kappa shape index (κ2) is 8.62. The van der Waals surface area contributed by atoms with Crippen molar-refractivity contribution in [3.05, 3.63) is 58.4 Å². The molecule has 0 saturated carbocycles. The van der Waals surface area contributed by atoms with Crippen molar-refractivity contribution in [2.24, 2.45) is 5.92 Å². The molecule has 0 aliphatic rings. The highest BCUT2D eigenvalue weighted by molar-refractivity contribution is 6.30. The fraction of sp³-hybridized carbons (Fsp3) is 0.316. The number of carbonyl (C=O) groups is 2. The zero-order valence-electron chi connectivity index (χ0n) is 14.6. The molecule has 6 heteroatoms. The summed E-state index contributed by atoms with van der Waals surface area (Å²) < 4.78 is 0. The maximum Gasteiger partial charge on any atom is 0.257 e. The van der Waals surface area contributed by atoms with Crippen molar-refractivity contribution in [1.29, 1.82) is 0 Å². The largest absolute Gasteiger partial charge is 0.352 e. The van der Waals surface area contributed by atoms with Gasteiger partial charge in [0.2, 0.25) is 0 Å². The smallest absolute Gasteiger partial charge is 0.257 e. The summed E-state index contributed by atoms with van der Waals surface area (Å²) in [6.45, 7) is 6.64. The van der Waals surface area contributed by atoms with Gasteiger partial charge >= 0.3 is 0 Å². The molecule has 0 bridgehead atoms. The molecule has 5 nitrogen and oxygen atoms in total. The van der Waals surface area contributed by atoms with Crippen LogP contribution in [0, 0.1) is 12.8 Å². The zero-order chi connectivity index (χ0) is 18.4. The number of rotatable bonds is 6. The highest BCUT2D eigenvalue weighted by Crippen LogP contribution is 2.20. The second-order valence-corrected chi connectivity index (χ2v) is 6.75. The topological polar surface area (TPSA) is 71.1 Å². The van der Waals surface area contributed by atoms with E-state index in [0.717, 1.165) is 12.0 Å². The molecule has 0 fully saturated rings. The summed E-state index contributed by atoms with van der Waals surface area (Å²) >= 11 is 5.92. The Morgan fingerprint density at radius 3 is 2.44 bits per heavy atom. The van der Waals surface area contributed by atoms with Gasteiger partial charge < -0.3 is 10.6 Å². The van der Waals surface area contributed by atoms with Crippen LogP contribution in [0.3, 0.4) is 0 Å². The first-order valence-corrected chi connectivity index (χ1v) is 8.55. The molecule has 1 heterocycles. The molecule has 0 aliphatic heterocycles. The summed E-state index contributed by atoms with van der Waals surface area (Å²) in [4.78, 5) is 28.6. The SMILES string of the molecule is Cc1cc(Cl)ccc1NC(=O)c1cncc(C(=O)NCCC(C)C)c1. The lowest BCUT2D eigenvalue weighted by molar-refractivity contribution is 0.0951. The lowest BCUT2D eigenvalue weighted by Crippen LogP contribution is -2.26. The normalized spacial score (nSPS) is 10.6. The first kappa shape index (κ1) is 18.9. The third-order valence-corrected chi connectivity index (χ3v) is 3.94. The number of amides is 2. The molecule has 2 amide bonds. The Labute approximate surface area is 152 Å². The number of nitrogens with zero attached hydrogens (tertiary/aromatic N) is 1. The summed E-state index contributed by atoms with van der Waals surface area (Å²) in [6, 6.07) is 6.76. The minimum atomic E-state index is -0.324. The number of pyridine rings is 1. The highest BCUT2D eigenvalue weighted by Gasteiger charge is 2.12. The van der Waals surface area contributed by atoms with Crippen LogP contribution in [0.1, 0.15) is 46.5 Å². The zero-order valence-corrected chi connectivity index (χ0v) is 15.4.